The molecule has 1 fully saturated rings. The number of piperidine rings is 1. The molecule has 2 aliphatic rings. The lowest BCUT2D eigenvalue weighted by atomic mass is 9.88. The standard InChI is InChI=1S/C17H25NO2/c1-12-7-15-16(20-11-17(2,3)10-19-15)8-14(12)13-5-4-6-18-9-13/h7-8,13,18H,4-6,9-11H2,1-3H3. The number of fused-ring (bicyclic) bond motifs is 1. The zero-order valence-electron chi connectivity index (χ0n) is 12.8. The van der Waals surface area contributed by atoms with Gasteiger partial charge in [0.25, 0.3) is 0 Å². The summed E-state index contributed by atoms with van der Waals surface area (Å²) in [5.74, 6) is 2.43. The zero-order valence-corrected chi connectivity index (χ0v) is 12.8. The van der Waals surface area contributed by atoms with Crippen LogP contribution in [0.4, 0.5) is 0 Å². The van der Waals surface area contributed by atoms with Gasteiger partial charge < -0.3 is 14.8 Å². The van der Waals surface area contributed by atoms with Crippen LogP contribution in [0.3, 0.4) is 0 Å². The van der Waals surface area contributed by atoms with E-state index in [1.165, 1.54) is 24.0 Å². The molecule has 0 aliphatic carbocycles. The maximum Gasteiger partial charge on any atom is 0.161 e. The quantitative estimate of drug-likeness (QED) is 0.853. The van der Waals surface area contributed by atoms with Crippen LogP contribution in [-0.4, -0.2) is 26.3 Å². The smallest absolute Gasteiger partial charge is 0.161 e. The Morgan fingerprint density at radius 1 is 1.15 bits per heavy atom. The molecule has 2 heterocycles. The van der Waals surface area contributed by atoms with E-state index in [0.29, 0.717) is 19.1 Å². The Kier molecular flexibility index (Phi) is 3.63. The van der Waals surface area contributed by atoms with E-state index in [4.69, 9.17) is 9.47 Å². The molecule has 1 saturated heterocycles. The van der Waals surface area contributed by atoms with Gasteiger partial charge in [-0.3, -0.25) is 0 Å². The molecule has 0 spiro atoms. The summed E-state index contributed by atoms with van der Waals surface area (Å²) < 4.78 is 12.0. The van der Waals surface area contributed by atoms with Crippen molar-refractivity contribution in [3.8, 4) is 11.5 Å². The molecule has 2 aliphatic heterocycles. The van der Waals surface area contributed by atoms with Crippen LogP contribution in [0.1, 0.15) is 43.7 Å². The second-order valence-electron chi connectivity index (χ2n) is 6.94. The molecule has 3 heteroatoms. The van der Waals surface area contributed by atoms with Crippen LogP contribution in [0.5, 0.6) is 11.5 Å². The minimum absolute atomic E-state index is 0.0689. The molecule has 0 bridgehead atoms. The summed E-state index contributed by atoms with van der Waals surface area (Å²) in [7, 11) is 0. The summed E-state index contributed by atoms with van der Waals surface area (Å²) in [5.41, 5.74) is 2.81. The first-order chi connectivity index (χ1) is 9.55. The Morgan fingerprint density at radius 2 is 1.85 bits per heavy atom. The molecule has 1 atom stereocenters. The van der Waals surface area contributed by atoms with E-state index in [0.717, 1.165) is 24.6 Å². The van der Waals surface area contributed by atoms with Crippen molar-refractivity contribution in [2.75, 3.05) is 26.3 Å². The van der Waals surface area contributed by atoms with Gasteiger partial charge in [-0.2, -0.15) is 0 Å². The third-order valence-electron chi connectivity index (χ3n) is 4.31. The minimum Gasteiger partial charge on any atom is -0.489 e. The van der Waals surface area contributed by atoms with E-state index in [1.54, 1.807) is 0 Å². The van der Waals surface area contributed by atoms with Crippen LogP contribution in [0, 0.1) is 12.3 Å². The van der Waals surface area contributed by atoms with Gasteiger partial charge >= 0.3 is 0 Å². The molecule has 0 saturated carbocycles. The van der Waals surface area contributed by atoms with Crippen molar-refractivity contribution in [3.05, 3.63) is 23.3 Å². The van der Waals surface area contributed by atoms with Gasteiger partial charge in [0.1, 0.15) is 0 Å². The molecule has 3 nitrogen and oxygen atoms in total. The highest BCUT2D eigenvalue weighted by atomic mass is 16.5. The largest absolute Gasteiger partial charge is 0.489 e. The number of hydrogen-bond donors (Lipinski definition) is 1. The summed E-state index contributed by atoms with van der Waals surface area (Å²) in [5, 5.41) is 3.49. The van der Waals surface area contributed by atoms with E-state index in [-0.39, 0.29) is 5.41 Å². The van der Waals surface area contributed by atoms with Gasteiger partial charge in [-0.25, -0.2) is 0 Å². The number of aryl methyl sites for hydroxylation is 1. The summed E-state index contributed by atoms with van der Waals surface area (Å²) in [4.78, 5) is 0. The summed E-state index contributed by atoms with van der Waals surface area (Å²) >= 11 is 0. The fraction of sp³-hybridized carbons (Fsp3) is 0.647. The predicted octanol–water partition coefficient (Wildman–Crippen LogP) is 3.26. The van der Waals surface area contributed by atoms with Gasteiger partial charge in [0.05, 0.1) is 13.2 Å². The van der Waals surface area contributed by atoms with Crippen molar-refractivity contribution in [1.82, 2.24) is 5.32 Å². The van der Waals surface area contributed by atoms with E-state index in [2.05, 4.69) is 38.2 Å². The van der Waals surface area contributed by atoms with Crippen LogP contribution in [0.2, 0.25) is 0 Å². The van der Waals surface area contributed by atoms with Crippen molar-refractivity contribution in [2.24, 2.45) is 5.41 Å². The second kappa shape index (κ2) is 5.28. The maximum atomic E-state index is 6.00. The molecule has 0 radical (unpaired) electrons. The first kappa shape index (κ1) is 13.7. The van der Waals surface area contributed by atoms with Gasteiger partial charge in [0, 0.05) is 12.0 Å². The third-order valence-corrected chi connectivity index (χ3v) is 4.31. The van der Waals surface area contributed by atoms with Crippen LogP contribution in [0.15, 0.2) is 12.1 Å². The Labute approximate surface area is 121 Å². The van der Waals surface area contributed by atoms with Crippen molar-refractivity contribution in [2.45, 2.75) is 39.5 Å². The topological polar surface area (TPSA) is 30.5 Å². The van der Waals surface area contributed by atoms with Crippen molar-refractivity contribution >= 4 is 0 Å². The predicted molar refractivity (Wildman–Crippen MR) is 80.8 cm³/mol. The molecule has 1 N–H and O–H groups in total. The zero-order chi connectivity index (χ0) is 14.2. The second-order valence-corrected chi connectivity index (χ2v) is 6.94. The fourth-order valence-electron chi connectivity index (χ4n) is 3.05. The maximum absolute atomic E-state index is 6.00. The SMILES string of the molecule is Cc1cc2c(cc1C1CCCNC1)OCC(C)(C)CO2. The van der Waals surface area contributed by atoms with E-state index < -0.39 is 0 Å². The van der Waals surface area contributed by atoms with Gasteiger partial charge in [-0.05, 0) is 55.5 Å². The third kappa shape index (κ3) is 2.78. The fourth-order valence-corrected chi connectivity index (χ4v) is 3.05. The molecule has 1 aromatic carbocycles. The number of benzene rings is 1. The number of rotatable bonds is 1. The van der Waals surface area contributed by atoms with Crippen molar-refractivity contribution in [3.63, 3.8) is 0 Å². The number of hydrogen-bond acceptors (Lipinski definition) is 3. The highest BCUT2D eigenvalue weighted by molar-refractivity contribution is 5.49. The van der Waals surface area contributed by atoms with Crippen LogP contribution in [-0.2, 0) is 0 Å². The van der Waals surface area contributed by atoms with Gasteiger partial charge in [0.15, 0.2) is 11.5 Å². The molecule has 1 unspecified atom stereocenters. The highest BCUT2D eigenvalue weighted by Gasteiger charge is 2.27. The van der Waals surface area contributed by atoms with Crippen LogP contribution >= 0.6 is 0 Å². The molecule has 1 aromatic rings. The molecular weight excluding hydrogens is 250 g/mol. The van der Waals surface area contributed by atoms with Crippen LogP contribution in [0.25, 0.3) is 0 Å². The Morgan fingerprint density at radius 3 is 2.50 bits per heavy atom. The highest BCUT2D eigenvalue weighted by Crippen LogP contribution is 2.39. The van der Waals surface area contributed by atoms with Gasteiger partial charge in [-0.15, -0.1) is 0 Å². The Bertz CT molecular complexity index is 490. The van der Waals surface area contributed by atoms with Gasteiger partial charge in [-0.1, -0.05) is 13.8 Å². The minimum atomic E-state index is 0.0689. The molecule has 110 valence electrons. The summed E-state index contributed by atoms with van der Waals surface area (Å²) in [6.07, 6.45) is 2.52. The molecule has 0 amide bonds. The van der Waals surface area contributed by atoms with E-state index in [1.807, 2.05) is 0 Å². The lowest BCUT2D eigenvalue weighted by molar-refractivity contribution is 0.140. The first-order valence-electron chi connectivity index (χ1n) is 7.66. The lowest BCUT2D eigenvalue weighted by Crippen LogP contribution is -2.28. The van der Waals surface area contributed by atoms with Crippen molar-refractivity contribution in [1.29, 1.82) is 0 Å². The normalized spacial score (nSPS) is 25.1. The average molecular weight is 275 g/mol. The Hall–Kier alpha value is -1.22. The molecule has 3 rings (SSSR count). The van der Waals surface area contributed by atoms with Gasteiger partial charge in [0.2, 0.25) is 0 Å². The summed E-state index contributed by atoms with van der Waals surface area (Å²) in [6, 6.07) is 4.37. The lowest BCUT2D eigenvalue weighted by Gasteiger charge is -2.25. The monoisotopic (exact) mass is 275 g/mol. The Balaban J connectivity index is 1.89. The van der Waals surface area contributed by atoms with E-state index >= 15 is 0 Å². The summed E-state index contributed by atoms with van der Waals surface area (Å²) in [6.45, 7) is 10.2. The van der Waals surface area contributed by atoms with Crippen LogP contribution < -0.4 is 14.8 Å². The average Bonchev–Trinajstić information content (AvgIpc) is 2.58. The first-order valence-corrected chi connectivity index (χ1v) is 7.66. The van der Waals surface area contributed by atoms with E-state index in [9.17, 15) is 0 Å². The van der Waals surface area contributed by atoms with Crippen molar-refractivity contribution < 1.29 is 9.47 Å². The molecular formula is C17H25NO2. The molecule has 20 heavy (non-hydrogen) atoms. The molecule has 0 aromatic heterocycles. The number of nitrogens with one attached hydrogen (secondary N) is 1. The number of ether oxygens (including phenoxy) is 2.